The number of anilines is 1. The Labute approximate surface area is 176 Å². The molecular formula is C21H19ClF3N3O2. The lowest BCUT2D eigenvalue weighted by molar-refractivity contribution is -0.141. The van der Waals surface area contributed by atoms with Crippen molar-refractivity contribution >= 4 is 29.1 Å². The molecule has 30 heavy (non-hydrogen) atoms. The number of rotatable bonds is 6. The van der Waals surface area contributed by atoms with Crippen molar-refractivity contribution in [2.24, 2.45) is 5.92 Å². The average Bonchev–Trinajstić information content (AvgIpc) is 3.47. The molecule has 9 heteroatoms. The van der Waals surface area contributed by atoms with Crippen molar-refractivity contribution in [3.63, 3.8) is 0 Å². The minimum atomic E-state index is -4.54. The number of ketones is 1. The van der Waals surface area contributed by atoms with Gasteiger partial charge in [-0.05, 0) is 36.6 Å². The molecule has 2 heterocycles. The number of halogens is 4. The van der Waals surface area contributed by atoms with E-state index in [0.717, 1.165) is 31.5 Å². The molecule has 0 spiro atoms. The summed E-state index contributed by atoms with van der Waals surface area (Å²) in [5.74, 6) is 0.274. The summed E-state index contributed by atoms with van der Waals surface area (Å²) in [6.07, 6.45) is -0.557. The van der Waals surface area contributed by atoms with Gasteiger partial charge in [0.15, 0.2) is 5.78 Å². The van der Waals surface area contributed by atoms with Gasteiger partial charge < -0.3 is 4.90 Å². The van der Waals surface area contributed by atoms with Crippen LogP contribution in [0.1, 0.15) is 35.3 Å². The van der Waals surface area contributed by atoms with Gasteiger partial charge in [0.05, 0.1) is 24.5 Å². The molecule has 4 rings (SSSR count). The summed E-state index contributed by atoms with van der Waals surface area (Å²) in [5, 5.41) is 0.431. The fraction of sp³-hybridized carbons (Fsp3) is 0.381. The first kappa shape index (κ1) is 20.7. The van der Waals surface area contributed by atoms with E-state index >= 15 is 0 Å². The van der Waals surface area contributed by atoms with Crippen LogP contribution in [0.4, 0.5) is 23.7 Å². The van der Waals surface area contributed by atoms with Crippen LogP contribution in [-0.4, -0.2) is 40.8 Å². The molecule has 158 valence electrons. The van der Waals surface area contributed by atoms with Crippen molar-refractivity contribution in [3.05, 3.63) is 58.9 Å². The number of hydrogen-bond donors (Lipinski definition) is 0. The molecule has 1 aromatic carbocycles. The first-order valence-electron chi connectivity index (χ1n) is 9.62. The van der Waals surface area contributed by atoms with Gasteiger partial charge in [-0.3, -0.25) is 9.69 Å². The lowest BCUT2D eigenvalue weighted by atomic mass is 10.1. The molecule has 1 aromatic heterocycles. The maximum Gasteiger partial charge on any atom is 0.433 e. The second-order valence-corrected chi connectivity index (χ2v) is 8.12. The monoisotopic (exact) mass is 437 g/mol. The molecule has 2 aliphatic rings. The topological polar surface area (TPSA) is 53.5 Å². The lowest BCUT2D eigenvalue weighted by Crippen LogP contribution is -2.39. The highest BCUT2D eigenvalue weighted by molar-refractivity contribution is 6.31. The number of alkyl halides is 3. The Balaban J connectivity index is 1.54. The summed E-state index contributed by atoms with van der Waals surface area (Å²) in [4.78, 5) is 32.2. The maximum absolute atomic E-state index is 13.1. The summed E-state index contributed by atoms with van der Waals surface area (Å²) < 4.78 is 38.3. The van der Waals surface area contributed by atoms with Crippen LogP contribution in [0.25, 0.3) is 0 Å². The third-order valence-electron chi connectivity index (χ3n) is 5.42. The number of benzene rings is 1. The van der Waals surface area contributed by atoms with Crippen LogP contribution in [0.3, 0.4) is 0 Å². The first-order chi connectivity index (χ1) is 14.2. The van der Waals surface area contributed by atoms with Gasteiger partial charge in [0.25, 0.3) is 0 Å². The molecular weight excluding hydrogens is 419 g/mol. The fourth-order valence-electron chi connectivity index (χ4n) is 3.67. The molecule has 0 unspecified atom stereocenters. The van der Waals surface area contributed by atoms with E-state index < -0.39 is 17.9 Å². The van der Waals surface area contributed by atoms with Gasteiger partial charge in [-0.1, -0.05) is 36.6 Å². The van der Waals surface area contributed by atoms with Crippen molar-refractivity contribution in [1.29, 1.82) is 0 Å². The van der Waals surface area contributed by atoms with Crippen LogP contribution < -0.4 is 4.90 Å². The van der Waals surface area contributed by atoms with Crippen LogP contribution in [0.15, 0.2) is 42.6 Å². The molecule has 1 aliphatic heterocycles. The van der Waals surface area contributed by atoms with Gasteiger partial charge in [-0.25, -0.2) is 9.78 Å². The molecule has 2 fully saturated rings. The highest BCUT2D eigenvalue weighted by Crippen LogP contribution is 2.37. The molecule has 1 saturated carbocycles. The summed E-state index contributed by atoms with van der Waals surface area (Å²) in [7, 11) is 0. The number of carbonyl (C=O) groups is 2. The molecule has 5 nitrogen and oxygen atoms in total. The van der Waals surface area contributed by atoms with Gasteiger partial charge in [0.2, 0.25) is 0 Å². The quantitative estimate of drug-likeness (QED) is 0.594. The van der Waals surface area contributed by atoms with Crippen LogP contribution in [0.2, 0.25) is 5.02 Å². The van der Waals surface area contributed by atoms with Gasteiger partial charge in [-0.2, -0.15) is 13.2 Å². The second kappa shape index (κ2) is 7.91. The van der Waals surface area contributed by atoms with Crippen molar-refractivity contribution in [2.45, 2.75) is 31.5 Å². The molecule has 1 aliphatic carbocycles. The standard InChI is InChI=1S/C21H19ClF3N3O2/c22-15-3-1-2-14(9-15)18(29)12-28-17(8-13-4-5-13)11-27(20(28)30)16-6-7-19(26-10-16)21(23,24)25/h1-3,6-7,9-10,13,17H,4-5,8,11-12H2/t17-/m0/s1. The van der Waals surface area contributed by atoms with E-state index in [9.17, 15) is 22.8 Å². The largest absolute Gasteiger partial charge is 0.433 e. The highest BCUT2D eigenvalue weighted by Gasteiger charge is 2.42. The van der Waals surface area contributed by atoms with E-state index in [1.54, 1.807) is 24.3 Å². The average molecular weight is 438 g/mol. The maximum atomic E-state index is 13.1. The number of aromatic nitrogens is 1. The fourth-order valence-corrected chi connectivity index (χ4v) is 3.86. The van der Waals surface area contributed by atoms with Crippen LogP contribution in [0.5, 0.6) is 0 Å². The predicted octanol–water partition coefficient (Wildman–Crippen LogP) is 5.05. The van der Waals surface area contributed by atoms with Gasteiger partial charge >= 0.3 is 12.2 Å². The highest BCUT2D eigenvalue weighted by atomic mass is 35.5. The van der Waals surface area contributed by atoms with Gasteiger partial charge in [-0.15, -0.1) is 0 Å². The Morgan fingerprint density at radius 2 is 1.97 bits per heavy atom. The zero-order valence-electron chi connectivity index (χ0n) is 15.9. The zero-order valence-corrected chi connectivity index (χ0v) is 16.7. The summed E-state index contributed by atoms with van der Waals surface area (Å²) in [5.41, 5.74) is -0.318. The molecule has 0 radical (unpaired) electrons. The summed E-state index contributed by atoms with van der Waals surface area (Å²) in [6.45, 7) is 0.201. The van der Waals surface area contributed by atoms with Crippen LogP contribution >= 0.6 is 11.6 Å². The number of carbonyl (C=O) groups excluding carboxylic acids is 2. The Morgan fingerprint density at radius 3 is 2.57 bits per heavy atom. The lowest BCUT2D eigenvalue weighted by Gasteiger charge is -2.22. The molecule has 2 amide bonds. The molecule has 1 saturated heterocycles. The molecule has 1 atom stereocenters. The van der Waals surface area contributed by atoms with Crippen molar-refractivity contribution < 1.29 is 22.8 Å². The Hall–Kier alpha value is -2.61. The van der Waals surface area contributed by atoms with E-state index in [1.807, 2.05) is 0 Å². The summed E-state index contributed by atoms with van der Waals surface area (Å²) in [6, 6.07) is 8.04. The number of amides is 2. The number of pyridine rings is 1. The molecule has 0 bridgehead atoms. The second-order valence-electron chi connectivity index (χ2n) is 7.69. The molecule has 2 aromatic rings. The van der Waals surface area contributed by atoms with E-state index in [1.165, 1.54) is 15.9 Å². The van der Waals surface area contributed by atoms with E-state index in [4.69, 9.17) is 11.6 Å². The number of nitrogens with zero attached hydrogens (tertiary/aromatic N) is 3. The molecule has 0 N–H and O–H groups in total. The minimum Gasteiger partial charge on any atom is -0.312 e. The Bertz CT molecular complexity index is 961. The van der Waals surface area contributed by atoms with Crippen molar-refractivity contribution in [2.75, 3.05) is 18.0 Å². The van der Waals surface area contributed by atoms with Gasteiger partial charge in [0, 0.05) is 17.1 Å². The number of urea groups is 1. The predicted molar refractivity (Wildman–Crippen MR) is 106 cm³/mol. The van der Waals surface area contributed by atoms with E-state index in [0.29, 0.717) is 23.0 Å². The van der Waals surface area contributed by atoms with Gasteiger partial charge in [0.1, 0.15) is 5.69 Å². The van der Waals surface area contributed by atoms with E-state index in [-0.39, 0.29) is 24.1 Å². The van der Waals surface area contributed by atoms with Crippen molar-refractivity contribution in [1.82, 2.24) is 9.88 Å². The van der Waals surface area contributed by atoms with Crippen LogP contribution in [0, 0.1) is 5.92 Å². The minimum absolute atomic E-state index is 0.110. The third-order valence-corrected chi connectivity index (χ3v) is 5.66. The Morgan fingerprint density at radius 1 is 1.20 bits per heavy atom. The normalized spacial score (nSPS) is 19.5. The SMILES string of the molecule is O=C(CN1C(=O)N(c2ccc(C(F)(F)F)nc2)C[C@@H]1CC1CC1)c1cccc(Cl)c1. The number of Topliss-reactive ketones (excluding diaryl/α,β-unsaturated/α-hetero) is 1. The zero-order chi connectivity index (χ0) is 21.5. The van der Waals surface area contributed by atoms with Crippen molar-refractivity contribution in [3.8, 4) is 0 Å². The van der Waals surface area contributed by atoms with E-state index in [2.05, 4.69) is 4.98 Å². The first-order valence-corrected chi connectivity index (χ1v) is 10.0. The Kier molecular flexibility index (Phi) is 5.44. The number of hydrogen-bond acceptors (Lipinski definition) is 3. The summed E-state index contributed by atoms with van der Waals surface area (Å²) >= 11 is 5.96. The third kappa shape index (κ3) is 4.43. The van der Waals surface area contributed by atoms with Crippen LogP contribution in [-0.2, 0) is 6.18 Å². The smallest absolute Gasteiger partial charge is 0.312 e.